The zero-order chi connectivity index (χ0) is 22.7. The van der Waals surface area contributed by atoms with E-state index in [4.69, 9.17) is 11.6 Å². The summed E-state index contributed by atoms with van der Waals surface area (Å²) in [7, 11) is 0. The van der Waals surface area contributed by atoms with E-state index in [1.807, 2.05) is 0 Å². The normalized spacial score (nSPS) is 15.6. The van der Waals surface area contributed by atoms with Crippen molar-refractivity contribution in [1.29, 1.82) is 0 Å². The van der Waals surface area contributed by atoms with E-state index in [1.54, 1.807) is 41.4 Å². The first-order valence-corrected chi connectivity index (χ1v) is 11.2. The second kappa shape index (κ2) is 9.54. The number of hydrogen-bond donors (Lipinski definition) is 2. The summed E-state index contributed by atoms with van der Waals surface area (Å²) >= 11 is 7.06. The highest BCUT2D eigenvalue weighted by Gasteiger charge is 2.29. The van der Waals surface area contributed by atoms with Crippen LogP contribution in [0.3, 0.4) is 0 Å². The molecule has 1 fully saturated rings. The maximum atomic E-state index is 14.6. The van der Waals surface area contributed by atoms with E-state index in [-0.39, 0.29) is 23.2 Å². The summed E-state index contributed by atoms with van der Waals surface area (Å²) in [5, 5.41) is 5.42. The number of anilines is 1. The minimum absolute atomic E-state index is 0.0191. The number of nitrogens with one attached hydrogen (secondary N) is 2. The number of halogens is 2. The van der Waals surface area contributed by atoms with Crippen molar-refractivity contribution in [2.24, 2.45) is 0 Å². The maximum absolute atomic E-state index is 14.6. The van der Waals surface area contributed by atoms with Gasteiger partial charge in [-0.05, 0) is 43.2 Å². The Balaban J connectivity index is 1.40. The molecule has 0 bridgehead atoms. The van der Waals surface area contributed by atoms with Crippen LogP contribution in [-0.2, 0) is 0 Å². The lowest BCUT2D eigenvalue weighted by Crippen LogP contribution is -2.44. The van der Waals surface area contributed by atoms with Crippen LogP contribution in [0.4, 0.5) is 14.9 Å². The lowest BCUT2D eigenvalue weighted by atomic mass is 10.2. The second-order valence-electron chi connectivity index (χ2n) is 7.31. The largest absolute Gasteiger partial charge is 0.349 e. The molecule has 1 saturated heterocycles. The number of urea groups is 1. The van der Waals surface area contributed by atoms with Gasteiger partial charge in [-0.15, -0.1) is 11.3 Å². The van der Waals surface area contributed by atoms with Gasteiger partial charge in [-0.3, -0.25) is 14.2 Å². The van der Waals surface area contributed by atoms with Gasteiger partial charge in [0.1, 0.15) is 5.82 Å². The third-order valence-corrected chi connectivity index (χ3v) is 6.46. The van der Waals surface area contributed by atoms with Crippen LogP contribution in [0.15, 0.2) is 59.5 Å². The molecular weight excluding hydrogens is 455 g/mol. The first kappa shape index (κ1) is 22.0. The molecular formula is C22H20ClFN4O3S. The third-order valence-electron chi connectivity index (χ3n) is 5.23. The summed E-state index contributed by atoms with van der Waals surface area (Å²) in [6.45, 7) is 0.802. The Morgan fingerprint density at radius 3 is 2.75 bits per heavy atom. The van der Waals surface area contributed by atoms with Crippen LogP contribution in [0.1, 0.15) is 22.5 Å². The third kappa shape index (κ3) is 4.84. The number of carbonyl (C=O) groups is 2. The summed E-state index contributed by atoms with van der Waals surface area (Å²) in [5.74, 6) is -0.892. The Labute approximate surface area is 192 Å². The number of benzene rings is 1. The number of nitrogens with zero attached hydrogens (tertiary/aromatic N) is 2. The van der Waals surface area contributed by atoms with Crippen molar-refractivity contribution in [3.8, 4) is 5.69 Å². The smallest absolute Gasteiger partial charge is 0.322 e. The average molecular weight is 475 g/mol. The molecule has 3 aromatic rings. The Bertz CT molecular complexity index is 1210. The van der Waals surface area contributed by atoms with Gasteiger partial charge in [-0.2, -0.15) is 0 Å². The van der Waals surface area contributed by atoms with Crippen LogP contribution in [0.25, 0.3) is 5.69 Å². The lowest BCUT2D eigenvalue weighted by Gasteiger charge is -2.25. The molecule has 2 N–H and O–H groups in total. The molecule has 0 saturated carbocycles. The van der Waals surface area contributed by atoms with Gasteiger partial charge in [-0.25, -0.2) is 9.18 Å². The molecule has 4 rings (SSSR count). The number of aromatic nitrogens is 1. The van der Waals surface area contributed by atoms with Crippen LogP contribution in [0, 0.1) is 5.82 Å². The molecule has 166 valence electrons. The van der Waals surface area contributed by atoms with Crippen molar-refractivity contribution < 1.29 is 14.0 Å². The fraction of sp³-hybridized carbons (Fsp3) is 0.227. The van der Waals surface area contributed by atoms with Crippen LogP contribution >= 0.6 is 22.9 Å². The van der Waals surface area contributed by atoms with Crippen LogP contribution in [0.2, 0.25) is 4.34 Å². The number of likely N-dealkylation sites (tertiary alicyclic amines) is 1. The molecule has 1 unspecified atom stereocenters. The van der Waals surface area contributed by atoms with Crippen LogP contribution in [-0.4, -0.2) is 40.5 Å². The lowest BCUT2D eigenvalue weighted by molar-refractivity contribution is 0.0947. The minimum atomic E-state index is -0.648. The number of amides is 3. The van der Waals surface area contributed by atoms with Gasteiger partial charge in [0.05, 0.1) is 26.6 Å². The first-order chi connectivity index (χ1) is 15.4. The van der Waals surface area contributed by atoms with E-state index in [2.05, 4.69) is 10.6 Å². The zero-order valence-electron chi connectivity index (χ0n) is 16.9. The monoisotopic (exact) mass is 474 g/mol. The van der Waals surface area contributed by atoms with E-state index in [9.17, 15) is 18.8 Å². The molecule has 1 atom stereocenters. The second-order valence-corrected chi connectivity index (χ2v) is 9.02. The Hall–Kier alpha value is -3.17. The summed E-state index contributed by atoms with van der Waals surface area (Å²) in [5.41, 5.74) is 0.0997. The predicted octanol–water partition coefficient (Wildman–Crippen LogP) is 4.12. The quantitative estimate of drug-likeness (QED) is 0.583. The molecule has 0 spiro atoms. The predicted molar refractivity (Wildman–Crippen MR) is 122 cm³/mol. The fourth-order valence-electron chi connectivity index (χ4n) is 3.63. The first-order valence-electron chi connectivity index (χ1n) is 10.0. The van der Waals surface area contributed by atoms with Gasteiger partial charge in [0.25, 0.3) is 11.5 Å². The van der Waals surface area contributed by atoms with Crippen molar-refractivity contribution in [2.75, 3.05) is 18.4 Å². The number of rotatable bonds is 5. The molecule has 1 aliphatic rings. The van der Waals surface area contributed by atoms with Crippen LogP contribution in [0.5, 0.6) is 0 Å². The molecule has 32 heavy (non-hydrogen) atoms. The topological polar surface area (TPSA) is 83.4 Å². The Morgan fingerprint density at radius 1 is 1.19 bits per heavy atom. The minimum Gasteiger partial charge on any atom is -0.349 e. The van der Waals surface area contributed by atoms with Gasteiger partial charge >= 0.3 is 6.03 Å². The van der Waals surface area contributed by atoms with E-state index in [1.165, 1.54) is 34.1 Å². The SMILES string of the molecule is O=C(NCC1CCCN1C(=O)Nc1ccc(-n2ccccc2=O)cc1F)c1ccc(Cl)s1. The molecule has 1 aromatic carbocycles. The van der Waals surface area contributed by atoms with Gasteiger partial charge in [0.15, 0.2) is 0 Å². The van der Waals surface area contributed by atoms with Crippen molar-refractivity contribution in [3.63, 3.8) is 0 Å². The Kier molecular flexibility index (Phi) is 6.57. The molecule has 2 aromatic heterocycles. The molecule has 0 aliphatic carbocycles. The van der Waals surface area contributed by atoms with Crippen molar-refractivity contribution >= 4 is 40.6 Å². The highest BCUT2D eigenvalue weighted by molar-refractivity contribution is 7.18. The Morgan fingerprint density at radius 2 is 2.03 bits per heavy atom. The highest BCUT2D eigenvalue weighted by atomic mass is 35.5. The fourth-order valence-corrected chi connectivity index (χ4v) is 4.59. The number of pyridine rings is 1. The van der Waals surface area contributed by atoms with E-state index in [0.29, 0.717) is 28.0 Å². The summed E-state index contributed by atoms with van der Waals surface area (Å²) < 4.78 is 16.5. The van der Waals surface area contributed by atoms with Crippen LogP contribution < -0.4 is 16.2 Å². The number of hydrogen-bond acceptors (Lipinski definition) is 4. The van der Waals surface area contributed by atoms with Gasteiger partial charge in [0, 0.05) is 31.4 Å². The standard InChI is InChI=1S/C22H20ClFN4O3S/c23-19-9-8-18(32-19)21(30)25-13-15-4-3-11-28(15)22(31)26-17-7-6-14(12-16(17)24)27-10-2-1-5-20(27)29/h1-2,5-10,12,15H,3-4,11,13H2,(H,25,30)(H,26,31). The molecule has 3 amide bonds. The molecule has 7 nitrogen and oxygen atoms in total. The van der Waals surface area contributed by atoms with Crippen molar-refractivity contribution in [2.45, 2.75) is 18.9 Å². The summed E-state index contributed by atoms with van der Waals surface area (Å²) in [4.78, 5) is 39.0. The molecule has 10 heteroatoms. The molecule has 1 aliphatic heterocycles. The van der Waals surface area contributed by atoms with Gasteiger partial charge in [-0.1, -0.05) is 17.7 Å². The van der Waals surface area contributed by atoms with Gasteiger partial charge in [0.2, 0.25) is 0 Å². The van der Waals surface area contributed by atoms with E-state index < -0.39 is 11.8 Å². The summed E-state index contributed by atoms with van der Waals surface area (Å²) in [6.07, 6.45) is 3.07. The maximum Gasteiger partial charge on any atom is 0.322 e. The molecule has 3 heterocycles. The highest BCUT2D eigenvalue weighted by Crippen LogP contribution is 2.23. The van der Waals surface area contributed by atoms with Gasteiger partial charge < -0.3 is 15.5 Å². The number of thiophene rings is 1. The van der Waals surface area contributed by atoms with E-state index >= 15 is 0 Å². The zero-order valence-corrected chi connectivity index (χ0v) is 18.5. The number of carbonyl (C=O) groups excluding carboxylic acids is 2. The van der Waals surface area contributed by atoms with Crippen molar-refractivity contribution in [1.82, 2.24) is 14.8 Å². The average Bonchev–Trinajstić information content (AvgIpc) is 3.43. The molecule has 0 radical (unpaired) electrons. The van der Waals surface area contributed by atoms with E-state index in [0.717, 1.165) is 12.8 Å². The van der Waals surface area contributed by atoms with Crippen molar-refractivity contribution in [3.05, 3.63) is 80.1 Å². The summed E-state index contributed by atoms with van der Waals surface area (Å²) in [6, 6.07) is 11.5.